The fourth-order valence-electron chi connectivity index (χ4n) is 1.70. The largest absolute Gasteiger partial charge is 0.340 e. The highest BCUT2D eigenvalue weighted by molar-refractivity contribution is 5.61. The van der Waals surface area contributed by atoms with Gasteiger partial charge in [0.25, 0.3) is 0 Å². The Balaban J connectivity index is 2.34. The van der Waals surface area contributed by atoms with E-state index in [9.17, 15) is 4.39 Å². The molecule has 0 radical (unpaired) electrons. The predicted molar refractivity (Wildman–Crippen MR) is 68.1 cm³/mol. The summed E-state index contributed by atoms with van der Waals surface area (Å²) in [6.07, 6.45) is 0. The number of nitriles is 1. The molecule has 4 heteroatoms. The van der Waals surface area contributed by atoms with Gasteiger partial charge in [0.15, 0.2) is 0 Å². The molecule has 0 amide bonds. The molecule has 0 bridgehead atoms. The highest BCUT2D eigenvalue weighted by atomic mass is 19.1. The van der Waals surface area contributed by atoms with Gasteiger partial charge >= 0.3 is 0 Å². The quantitative estimate of drug-likeness (QED) is 0.876. The van der Waals surface area contributed by atoms with Crippen LogP contribution in [0.1, 0.15) is 16.8 Å². The maximum Gasteiger partial charge on any atom is 0.131 e. The Hall–Kier alpha value is -2.41. The highest BCUT2D eigenvalue weighted by Crippen LogP contribution is 2.21. The van der Waals surface area contributed by atoms with Crippen molar-refractivity contribution in [2.75, 3.05) is 5.32 Å². The molecule has 0 aliphatic carbocycles. The molecular formula is C14H12FN3. The van der Waals surface area contributed by atoms with Gasteiger partial charge in [0.05, 0.1) is 11.6 Å². The van der Waals surface area contributed by atoms with E-state index >= 15 is 0 Å². The number of anilines is 2. The number of aryl methyl sites for hydroxylation is 2. The van der Waals surface area contributed by atoms with Gasteiger partial charge in [-0.15, -0.1) is 0 Å². The normalized spacial score (nSPS) is 9.89. The van der Waals surface area contributed by atoms with E-state index in [-0.39, 0.29) is 5.82 Å². The van der Waals surface area contributed by atoms with Crippen LogP contribution < -0.4 is 5.32 Å². The predicted octanol–water partition coefficient (Wildman–Crippen LogP) is 3.45. The molecule has 2 rings (SSSR count). The number of hydrogen-bond donors (Lipinski definition) is 1. The molecule has 0 spiro atoms. The molecule has 3 nitrogen and oxygen atoms in total. The summed E-state index contributed by atoms with van der Waals surface area (Å²) in [5, 5.41) is 12.0. The van der Waals surface area contributed by atoms with Gasteiger partial charge in [-0.2, -0.15) is 5.26 Å². The van der Waals surface area contributed by atoms with E-state index in [4.69, 9.17) is 5.26 Å². The van der Waals surface area contributed by atoms with Gasteiger partial charge in [0.1, 0.15) is 11.6 Å². The van der Waals surface area contributed by atoms with Crippen LogP contribution >= 0.6 is 0 Å². The van der Waals surface area contributed by atoms with Crippen molar-refractivity contribution in [2.45, 2.75) is 13.8 Å². The van der Waals surface area contributed by atoms with Crippen LogP contribution in [0.3, 0.4) is 0 Å². The van der Waals surface area contributed by atoms with Gasteiger partial charge in [-0.05, 0) is 49.7 Å². The first-order chi connectivity index (χ1) is 8.58. The molecule has 1 heterocycles. The summed E-state index contributed by atoms with van der Waals surface area (Å²) in [4.78, 5) is 4.28. The van der Waals surface area contributed by atoms with Crippen LogP contribution in [-0.4, -0.2) is 4.98 Å². The van der Waals surface area contributed by atoms with Gasteiger partial charge in [-0.1, -0.05) is 0 Å². The van der Waals surface area contributed by atoms with Crippen molar-refractivity contribution in [3.8, 4) is 6.07 Å². The smallest absolute Gasteiger partial charge is 0.131 e. The van der Waals surface area contributed by atoms with Crippen molar-refractivity contribution in [1.82, 2.24) is 4.98 Å². The average molecular weight is 241 g/mol. The molecule has 0 fully saturated rings. The number of aromatic nitrogens is 1. The summed E-state index contributed by atoms with van der Waals surface area (Å²) in [6.45, 7) is 3.63. The Kier molecular flexibility index (Phi) is 3.24. The molecule has 1 aromatic carbocycles. The third kappa shape index (κ3) is 2.64. The monoisotopic (exact) mass is 241 g/mol. The zero-order valence-corrected chi connectivity index (χ0v) is 10.2. The zero-order valence-electron chi connectivity index (χ0n) is 10.2. The summed E-state index contributed by atoms with van der Waals surface area (Å²) in [6, 6.07) is 9.94. The minimum atomic E-state index is -0.270. The first-order valence-electron chi connectivity index (χ1n) is 5.50. The molecule has 0 saturated heterocycles. The van der Waals surface area contributed by atoms with Crippen molar-refractivity contribution in [1.29, 1.82) is 5.26 Å². The fourth-order valence-corrected chi connectivity index (χ4v) is 1.70. The van der Waals surface area contributed by atoms with E-state index in [1.165, 1.54) is 12.1 Å². The molecule has 2 aromatic rings. The third-order valence-electron chi connectivity index (χ3n) is 2.53. The molecule has 18 heavy (non-hydrogen) atoms. The Morgan fingerprint density at radius 3 is 2.67 bits per heavy atom. The Bertz CT molecular complexity index is 629. The molecule has 1 aromatic heterocycles. The van der Waals surface area contributed by atoms with E-state index in [0.29, 0.717) is 11.4 Å². The van der Waals surface area contributed by atoms with E-state index in [1.807, 2.05) is 13.8 Å². The van der Waals surface area contributed by atoms with E-state index in [0.717, 1.165) is 16.9 Å². The van der Waals surface area contributed by atoms with Gasteiger partial charge in [0, 0.05) is 11.4 Å². The average Bonchev–Trinajstić information content (AvgIpc) is 2.32. The molecule has 0 unspecified atom stereocenters. The number of nitrogens with one attached hydrogen (secondary N) is 1. The lowest BCUT2D eigenvalue weighted by molar-refractivity contribution is 0.627. The van der Waals surface area contributed by atoms with Crippen LogP contribution in [0.25, 0.3) is 0 Å². The number of benzene rings is 1. The van der Waals surface area contributed by atoms with Crippen molar-refractivity contribution in [3.05, 3.63) is 53.0 Å². The van der Waals surface area contributed by atoms with E-state index in [1.54, 1.807) is 18.2 Å². The molecule has 90 valence electrons. The fraction of sp³-hybridized carbons (Fsp3) is 0.143. The maximum absolute atomic E-state index is 13.0. The summed E-state index contributed by atoms with van der Waals surface area (Å²) in [5.74, 6) is 0.314. The third-order valence-corrected chi connectivity index (χ3v) is 2.53. The number of halogens is 1. The molecule has 0 atom stereocenters. The number of nitrogens with zero attached hydrogens (tertiary/aromatic N) is 2. The minimum absolute atomic E-state index is 0.270. The first kappa shape index (κ1) is 12.1. The van der Waals surface area contributed by atoms with Crippen LogP contribution in [0.2, 0.25) is 0 Å². The van der Waals surface area contributed by atoms with Crippen molar-refractivity contribution in [2.24, 2.45) is 0 Å². The van der Waals surface area contributed by atoms with E-state index in [2.05, 4.69) is 16.4 Å². The second-order valence-corrected chi connectivity index (χ2v) is 4.08. The van der Waals surface area contributed by atoms with Gasteiger partial charge < -0.3 is 5.32 Å². The van der Waals surface area contributed by atoms with Gasteiger partial charge in [-0.25, -0.2) is 9.37 Å². The SMILES string of the molecule is Cc1cc(C#N)cc(Nc2ccc(F)cc2C)n1. The topological polar surface area (TPSA) is 48.7 Å². The maximum atomic E-state index is 13.0. The second-order valence-electron chi connectivity index (χ2n) is 4.08. The lowest BCUT2D eigenvalue weighted by Gasteiger charge is -2.09. The van der Waals surface area contributed by atoms with Crippen LogP contribution in [0.15, 0.2) is 30.3 Å². The minimum Gasteiger partial charge on any atom is -0.340 e. The molecule has 1 N–H and O–H groups in total. The first-order valence-corrected chi connectivity index (χ1v) is 5.50. The summed E-state index contributed by atoms with van der Waals surface area (Å²) in [7, 11) is 0. The van der Waals surface area contributed by atoms with Crippen molar-refractivity contribution in [3.63, 3.8) is 0 Å². The lowest BCUT2D eigenvalue weighted by Crippen LogP contribution is -1.98. The molecule has 0 aliphatic rings. The van der Waals surface area contributed by atoms with Crippen molar-refractivity contribution < 1.29 is 4.39 Å². The second kappa shape index (κ2) is 4.84. The molecule has 0 aliphatic heterocycles. The van der Waals surface area contributed by atoms with Gasteiger partial charge in [-0.3, -0.25) is 0 Å². The summed E-state index contributed by atoms with van der Waals surface area (Å²) in [5.41, 5.74) is 2.87. The Morgan fingerprint density at radius 2 is 2.00 bits per heavy atom. The summed E-state index contributed by atoms with van der Waals surface area (Å²) >= 11 is 0. The molecule has 0 saturated carbocycles. The number of hydrogen-bond acceptors (Lipinski definition) is 3. The van der Waals surface area contributed by atoms with Crippen LogP contribution in [0, 0.1) is 31.0 Å². The standard InChI is InChI=1S/C14H12FN3/c1-9-5-12(15)3-4-13(9)18-14-7-11(8-16)6-10(2)17-14/h3-7H,1-2H3,(H,17,18). The Morgan fingerprint density at radius 1 is 1.22 bits per heavy atom. The van der Waals surface area contributed by atoms with E-state index < -0.39 is 0 Å². The van der Waals surface area contributed by atoms with Crippen LogP contribution in [-0.2, 0) is 0 Å². The highest BCUT2D eigenvalue weighted by Gasteiger charge is 2.03. The lowest BCUT2D eigenvalue weighted by atomic mass is 10.2. The zero-order chi connectivity index (χ0) is 13.1. The number of pyridine rings is 1. The van der Waals surface area contributed by atoms with Gasteiger partial charge in [0.2, 0.25) is 0 Å². The molecular weight excluding hydrogens is 229 g/mol. The summed E-state index contributed by atoms with van der Waals surface area (Å²) < 4.78 is 13.0. The van der Waals surface area contributed by atoms with Crippen LogP contribution in [0.4, 0.5) is 15.9 Å². The van der Waals surface area contributed by atoms with Crippen LogP contribution in [0.5, 0.6) is 0 Å². The number of rotatable bonds is 2. The Labute approximate surface area is 105 Å². The van der Waals surface area contributed by atoms with Crippen molar-refractivity contribution >= 4 is 11.5 Å².